The molecule has 0 saturated carbocycles. The Bertz CT molecular complexity index is 1020. The standard InChI is InChI=1S/C18H27N7O6S/c1-8(27)10(19)15(30)20-4-2-3-5-21-18-23-14-11(16(32)24-18)22-7-25(14)17-13(29)12(28)9(6-26)31-17/h2-3,7-10,12-13,17,26-29H,4-6,19H2,1H3,(H,20,30)(H2,21,23,24,32)/b3-2+/t8?,9-,10?,12?,13?,17-/m1/s1. The van der Waals surface area contributed by atoms with Crippen molar-refractivity contribution in [3.8, 4) is 0 Å². The van der Waals surface area contributed by atoms with Crippen molar-refractivity contribution in [2.45, 2.75) is 43.6 Å². The van der Waals surface area contributed by atoms with E-state index in [4.69, 9.17) is 22.7 Å². The van der Waals surface area contributed by atoms with Gasteiger partial charge in [-0.1, -0.05) is 24.4 Å². The molecule has 4 unspecified atom stereocenters. The molecule has 3 rings (SSSR count). The number of aliphatic hydroxyl groups excluding tert-OH is 4. The first-order valence-electron chi connectivity index (χ1n) is 9.94. The molecule has 14 heteroatoms. The average Bonchev–Trinajstić information content (AvgIpc) is 3.31. The minimum atomic E-state index is -1.27. The van der Waals surface area contributed by atoms with Gasteiger partial charge in [0.2, 0.25) is 11.9 Å². The summed E-state index contributed by atoms with van der Waals surface area (Å²) in [4.78, 5) is 23.1. The Morgan fingerprint density at radius 3 is 2.78 bits per heavy atom. The Morgan fingerprint density at radius 1 is 1.41 bits per heavy atom. The number of aromatic nitrogens is 4. The van der Waals surface area contributed by atoms with E-state index in [9.17, 15) is 25.2 Å². The van der Waals surface area contributed by atoms with Gasteiger partial charge in [0.25, 0.3) is 0 Å². The Morgan fingerprint density at radius 2 is 2.12 bits per heavy atom. The van der Waals surface area contributed by atoms with E-state index in [0.29, 0.717) is 23.7 Å². The van der Waals surface area contributed by atoms with Crippen LogP contribution >= 0.6 is 12.2 Å². The third-order valence-corrected chi connectivity index (χ3v) is 5.29. The number of hydrogen-bond acceptors (Lipinski definition) is 11. The molecule has 1 aliphatic heterocycles. The van der Waals surface area contributed by atoms with Crippen molar-refractivity contribution >= 4 is 35.2 Å². The van der Waals surface area contributed by atoms with Crippen molar-refractivity contribution in [2.75, 3.05) is 25.0 Å². The van der Waals surface area contributed by atoms with Crippen molar-refractivity contribution in [3.63, 3.8) is 0 Å². The molecule has 1 amide bonds. The molecule has 2 aromatic rings. The second-order valence-electron chi connectivity index (χ2n) is 7.33. The minimum absolute atomic E-state index is 0.218. The van der Waals surface area contributed by atoms with Crippen LogP contribution in [0, 0.1) is 4.64 Å². The Hall–Kier alpha value is -2.46. The van der Waals surface area contributed by atoms with Crippen molar-refractivity contribution in [3.05, 3.63) is 23.1 Å². The van der Waals surface area contributed by atoms with Gasteiger partial charge in [0, 0.05) is 13.1 Å². The number of H-pyrrole nitrogens is 1. The van der Waals surface area contributed by atoms with Crippen LogP contribution in [0.5, 0.6) is 0 Å². The molecule has 3 heterocycles. The van der Waals surface area contributed by atoms with Crippen LogP contribution in [0.2, 0.25) is 0 Å². The number of imidazole rings is 1. The number of amides is 1. The highest BCUT2D eigenvalue weighted by atomic mass is 32.1. The second kappa shape index (κ2) is 10.4. The first-order chi connectivity index (χ1) is 15.2. The van der Waals surface area contributed by atoms with Crippen LogP contribution in [-0.2, 0) is 9.53 Å². The van der Waals surface area contributed by atoms with Crippen LogP contribution < -0.4 is 16.4 Å². The molecule has 0 spiro atoms. The lowest BCUT2D eigenvalue weighted by molar-refractivity contribution is -0.124. The number of rotatable bonds is 9. The lowest BCUT2D eigenvalue weighted by atomic mass is 10.1. The predicted octanol–water partition coefficient (Wildman–Crippen LogP) is -2.11. The summed E-state index contributed by atoms with van der Waals surface area (Å²) in [5.41, 5.74) is 6.35. The number of nitrogens with one attached hydrogen (secondary N) is 3. The van der Waals surface area contributed by atoms with E-state index >= 15 is 0 Å². The molecule has 9 N–H and O–H groups in total. The van der Waals surface area contributed by atoms with E-state index < -0.39 is 49.2 Å². The average molecular weight is 470 g/mol. The zero-order chi connectivity index (χ0) is 23.4. The van der Waals surface area contributed by atoms with Crippen LogP contribution in [0.4, 0.5) is 5.95 Å². The number of carbonyl (C=O) groups excluding carboxylic acids is 1. The normalized spacial score (nSPS) is 25.3. The number of nitrogens with two attached hydrogens (primary N) is 1. The monoisotopic (exact) mass is 469 g/mol. The fourth-order valence-electron chi connectivity index (χ4n) is 3.14. The van der Waals surface area contributed by atoms with Crippen molar-refractivity contribution in [1.82, 2.24) is 24.8 Å². The molecule has 176 valence electrons. The maximum atomic E-state index is 11.7. The zero-order valence-corrected chi connectivity index (χ0v) is 18.1. The summed E-state index contributed by atoms with van der Waals surface area (Å²) in [5.74, 6) is -0.118. The Balaban J connectivity index is 1.64. The highest BCUT2D eigenvalue weighted by Crippen LogP contribution is 2.31. The summed E-state index contributed by atoms with van der Waals surface area (Å²) in [5, 5.41) is 44.5. The third kappa shape index (κ3) is 5.12. The van der Waals surface area contributed by atoms with E-state index in [0.717, 1.165) is 0 Å². The maximum absolute atomic E-state index is 11.7. The molecule has 0 aliphatic carbocycles. The van der Waals surface area contributed by atoms with E-state index in [1.807, 2.05) is 0 Å². The van der Waals surface area contributed by atoms with Gasteiger partial charge in [-0.3, -0.25) is 9.36 Å². The lowest BCUT2D eigenvalue weighted by Gasteiger charge is -2.17. The predicted molar refractivity (Wildman–Crippen MR) is 116 cm³/mol. The van der Waals surface area contributed by atoms with Crippen LogP contribution in [0.25, 0.3) is 11.2 Å². The molecule has 1 fully saturated rings. The second-order valence-corrected chi connectivity index (χ2v) is 7.72. The van der Waals surface area contributed by atoms with Gasteiger partial charge in [0.15, 0.2) is 10.9 Å². The molecule has 1 aliphatic rings. The molecule has 13 nitrogen and oxygen atoms in total. The molecule has 2 aromatic heterocycles. The van der Waals surface area contributed by atoms with Crippen LogP contribution in [0.3, 0.4) is 0 Å². The van der Waals surface area contributed by atoms with Crippen LogP contribution in [-0.4, -0.2) is 96.0 Å². The van der Waals surface area contributed by atoms with Crippen LogP contribution in [0.1, 0.15) is 13.2 Å². The summed E-state index contributed by atoms with van der Waals surface area (Å²) in [7, 11) is 0. The number of aliphatic hydroxyl groups is 4. The van der Waals surface area contributed by atoms with E-state index in [2.05, 4.69) is 25.6 Å². The fraction of sp³-hybridized carbons (Fsp3) is 0.556. The highest BCUT2D eigenvalue weighted by Gasteiger charge is 2.43. The van der Waals surface area contributed by atoms with Crippen molar-refractivity contribution < 1.29 is 30.0 Å². The fourth-order valence-corrected chi connectivity index (χ4v) is 3.38. The van der Waals surface area contributed by atoms with Crippen molar-refractivity contribution in [1.29, 1.82) is 0 Å². The largest absolute Gasteiger partial charge is 0.394 e. The summed E-state index contributed by atoms with van der Waals surface area (Å²) in [6.07, 6.45) is -0.478. The molecule has 6 atom stereocenters. The number of nitrogens with zero attached hydrogens (tertiary/aromatic N) is 3. The van der Waals surface area contributed by atoms with E-state index in [1.54, 1.807) is 12.2 Å². The number of aromatic amines is 1. The maximum Gasteiger partial charge on any atom is 0.239 e. The van der Waals surface area contributed by atoms with Gasteiger partial charge in [0.1, 0.15) is 35.5 Å². The van der Waals surface area contributed by atoms with Gasteiger partial charge < -0.3 is 46.5 Å². The summed E-state index contributed by atoms with van der Waals surface area (Å²) < 4.78 is 7.25. The molecular weight excluding hydrogens is 442 g/mol. The summed E-state index contributed by atoms with van der Waals surface area (Å²) >= 11 is 5.28. The van der Waals surface area contributed by atoms with Gasteiger partial charge in [-0.25, -0.2) is 9.97 Å². The Kier molecular flexibility index (Phi) is 7.89. The van der Waals surface area contributed by atoms with Crippen LogP contribution in [0.15, 0.2) is 18.5 Å². The zero-order valence-electron chi connectivity index (χ0n) is 17.3. The molecule has 1 saturated heterocycles. The lowest BCUT2D eigenvalue weighted by Crippen LogP contribution is -2.47. The summed E-state index contributed by atoms with van der Waals surface area (Å²) in [6.45, 7) is 1.59. The van der Waals surface area contributed by atoms with Gasteiger partial charge in [0.05, 0.1) is 19.0 Å². The molecule has 0 aromatic carbocycles. The topological polar surface area (TPSA) is 204 Å². The molecule has 0 radical (unpaired) electrons. The van der Waals surface area contributed by atoms with Gasteiger partial charge in [-0.15, -0.1) is 0 Å². The van der Waals surface area contributed by atoms with E-state index in [-0.39, 0.29) is 11.2 Å². The third-order valence-electron chi connectivity index (χ3n) is 5.01. The summed E-state index contributed by atoms with van der Waals surface area (Å²) in [6, 6.07) is -0.987. The number of carbonyl (C=O) groups is 1. The number of anilines is 1. The minimum Gasteiger partial charge on any atom is -0.394 e. The smallest absolute Gasteiger partial charge is 0.239 e. The van der Waals surface area contributed by atoms with Gasteiger partial charge in [-0.2, -0.15) is 0 Å². The quantitative estimate of drug-likeness (QED) is 0.147. The molecular formula is C18H27N7O6S. The molecule has 32 heavy (non-hydrogen) atoms. The van der Waals surface area contributed by atoms with Gasteiger partial charge >= 0.3 is 0 Å². The number of hydrogen-bond donors (Lipinski definition) is 8. The SMILES string of the molecule is CC(O)C(N)C(=O)NC/C=C/CNc1nc(=S)c2ncn([C@@H]3O[C@H](CO)C(O)C3O)c2[nH]1. The molecule has 0 bridgehead atoms. The first kappa shape index (κ1) is 24.2. The Labute approximate surface area is 187 Å². The van der Waals surface area contributed by atoms with Gasteiger partial charge in [-0.05, 0) is 6.92 Å². The van der Waals surface area contributed by atoms with E-state index in [1.165, 1.54) is 17.8 Å². The number of fused-ring (bicyclic) bond motifs is 1. The van der Waals surface area contributed by atoms with Crippen molar-refractivity contribution in [2.24, 2.45) is 5.73 Å². The first-order valence-corrected chi connectivity index (χ1v) is 10.3. The highest BCUT2D eigenvalue weighted by molar-refractivity contribution is 7.71. The number of ether oxygens (including phenoxy) is 1.